The minimum atomic E-state index is -0.0877. The van der Waals surface area contributed by atoms with Crippen LogP contribution < -0.4 is 5.32 Å². The number of amides is 1. The highest BCUT2D eigenvalue weighted by Crippen LogP contribution is 2.11. The molecule has 2 rings (SSSR count). The van der Waals surface area contributed by atoms with E-state index in [-0.39, 0.29) is 11.7 Å². The fourth-order valence-electron chi connectivity index (χ4n) is 1.71. The van der Waals surface area contributed by atoms with Gasteiger partial charge in [-0.05, 0) is 25.5 Å². The number of aryl methyl sites for hydroxylation is 1. The first-order valence-electron chi connectivity index (χ1n) is 6.03. The van der Waals surface area contributed by atoms with E-state index < -0.39 is 0 Å². The van der Waals surface area contributed by atoms with E-state index in [1.54, 1.807) is 36.8 Å². The van der Waals surface area contributed by atoms with Crippen LogP contribution in [0.1, 0.15) is 29.4 Å². The van der Waals surface area contributed by atoms with Crippen molar-refractivity contribution >= 4 is 17.4 Å². The Morgan fingerprint density at radius 3 is 2.89 bits per heavy atom. The maximum atomic E-state index is 11.8. The van der Waals surface area contributed by atoms with Gasteiger partial charge in [-0.15, -0.1) is 0 Å². The van der Waals surface area contributed by atoms with Gasteiger partial charge >= 0.3 is 0 Å². The van der Waals surface area contributed by atoms with Crippen molar-refractivity contribution in [3.8, 4) is 0 Å². The number of anilines is 1. The number of Topliss-reactive ketones (excluding diaryl/α,β-unsaturated/α-hetero) is 1. The molecule has 0 saturated carbocycles. The molecule has 2 aromatic rings. The van der Waals surface area contributed by atoms with Gasteiger partial charge in [0.05, 0.1) is 6.33 Å². The maximum Gasteiger partial charge on any atom is 0.224 e. The number of hydrogen-bond acceptors (Lipinski definition) is 3. The van der Waals surface area contributed by atoms with Crippen LogP contribution >= 0.6 is 0 Å². The van der Waals surface area contributed by atoms with E-state index in [9.17, 15) is 9.59 Å². The average molecular weight is 257 g/mol. The van der Waals surface area contributed by atoms with Crippen molar-refractivity contribution in [3.63, 3.8) is 0 Å². The van der Waals surface area contributed by atoms with Gasteiger partial charge < -0.3 is 10.3 Å². The first kappa shape index (κ1) is 13.0. The van der Waals surface area contributed by atoms with Gasteiger partial charge in [0.2, 0.25) is 5.91 Å². The van der Waals surface area contributed by atoms with Crippen molar-refractivity contribution in [2.24, 2.45) is 0 Å². The van der Waals surface area contributed by atoms with Crippen molar-refractivity contribution in [2.45, 2.75) is 19.8 Å². The molecule has 1 amide bonds. The van der Waals surface area contributed by atoms with Crippen LogP contribution in [-0.2, 0) is 11.2 Å². The zero-order valence-electron chi connectivity index (χ0n) is 10.6. The van der Waals surface area contributed by atoms with Gasteiger partial charge in [-0.2, -0.15) is 0 Å². The molecule has 5 heteroatoms. The molecule has 0 aliphatic rings. The Hall–Kier alpha value is -2.43. The van der Waals surface area contributed by atoms with Crippen molar-refractivity contribution in [1.29, 1.82) is 0 Å². The summed E-state index contributed by atoms with van der Waals surface area (Å²) in [6.07, 6.45) is 4.26. The summed E-state index contributed by atoms with van der Waals surface area (Å²) in [6, 6.07) is 6.92. The number of aromatic nitrogens is 2. The summed E-state index contributed by atoms with van der Waals surface area (Å²) in [5.41, 5.74) is 2.15. The van der Waals surface area contributed by atoms with E-state index in [1.807, 2.05) is 0 Å². The number of benzene rings is 1. The molecule has 1 aromatic carbocycles. The predicted molar refractivity (Wildman–Crippen MR) is 72.0 cm³/mol. The van der Waals surface area contributed by atoms with Gasteiger partial charge in [-0.1, -0.05) is 12.1 Å². The summed E-state index contributed by atoms with van der Waals surface area (Å²) in [6.45, 7) is 1.50. The highest BCUT2D eigenvalue weighted by atomic mass is 16.1. The Morgan fingerprint density at radius 1 is 1.37 bits per heavy atom. The highest BCUT2D eigenvalue weighted by molar-refractivity contribution is 5.97. The number of nitrogens with one attached hydrogen (secondary N) is 2. The van der Waals surface area contributed by atoms with E-state index in [0.717, 1.165) is 5.69 Å². The molecule has 1 aromatic heterocycles. The number of carbonyl (C=O) groups is 2. The van der Waals surface area contributed by atoms with Gasteiger partial charge in [0.1, 0.15) is 0 Å². The smallest absolute Gasteiger partial charge is 0.224 e. The molecule has 0 saturated heterocycles. The van der Waals surface area contributed by atoms with E-state index in [4.69, 9.17) is 0 Å². The van der Waals surface area contributed by atoms with Crippen LogP contribution in [0.2, 0.25) is 0 Å². The van der Waals surface area contributed by atoms with Gasteiger partial charge in [0, 0.05) is 29.6 Å². The van der Waals surface area contributed by atoms with E-state index >= 15 is 0 Å². The highest BCUT2D eigenvalue weighted by Gasteiger charge is 2.05. The molecular weight excluding hydrogens is 242 g/mol. The lowest BCUT2D eigenvalue weighted by Crippen LogP contribution is -2.12. The van der Waals surface area contributed by atoms with Crippen LogP contribution in [0.25, 0.3) is 0 Å². The zero-order valence-corrected chi connectivity index (χ0v) is 10.6. The Labute approximate surface area is 111 Å². The summed E-state index contributed by atoms with van der Waals surface area (Å²) in [5.74, 6) is -0.108. The second-order valence-electron chi connectivity index (χ2n) is 4.26. The summed E-state index contributed by atoms with van der Waals surface area (Å²) in [7, 11) is 0. The third-order valence-corrected chi connectivity index (χ3v) is 2.73. The van der Waals surface area contributed by atoms with Crippen molar-refractivity contribution < 1.29 is 9.59 Å². The Balaban J connectivity index is 1.91. The number of nitrogens with zero attached hydrogens (tertiary/aromatic N) is 1. The van der Waals surface area contributed by atoms with E-state index in [2.05, 4.69) is 15.3 Å². The molecule has 19 heavy (non-hydrogen) atoms. The number of carbonyl (C=O) groups excluding carboxylic acids is 2. The summed E-state index contributed by atoms with van der Waals surface area (Å²) >= 11 is 0. The molecule has 98 valence electrons. The molecule has 0 aliphatic heterocycles. The third kappa shape index (κ3) is 3.77. The monoisotopic (exact) mass is 257 g/mol. The van der Waals surface area contributed by atoms with Crippen LogP contribution in [0.3, 0.4) is 0 Å². The molecule has 0 unspecified atom stereocenters. The number of H-pyrrole nitrogens is 1. The predicted octanol–water partition coefficient (Wildman–Crippen LogP) is 2.18. The minimum absolute atomic E-state index is 0.0199. The first-order chi connectivity index (χ1) is 9.15. The molecule has 2 N–H and O–H groups in total. The minimum Gasteiger partial charge on any atom is -0.348 e. The molecule has 0 radical (unpaired) electrons. The molecule has 0 fully saturated rings. The normalized spacial score (nSPS) is 10.2. The topological polar surface area (TPSA) is 74.8 Å². The molecule has 0 atom stereocenters. The molecular formula is C14H15N3O2. The SMILES string of the molecule is CC(=O)c1cccc(NC(=O)CCc2cnc[nH]2)c1. The lowest BCUT2D eigenvalue weighted by Gasteiger charge is -2.05. The van der Waals surface area contributed by atoms with E-state index in [0.29, 0.717) is 24.1 Å². The van der Waals surface area contributed by atoms with Crippen LogP contribution in [0.5, 0.6) is 0 Å². The summed E-state index contributed by atoms with van der Waals surface area (Å²) in [5, 5.41) is 2.77. The van der Waals surface area contributed by atoms with Crippen LogP contribution in [0.15, 0.2) is 36.8 Å². The number of rotatable bonds is 5. The van der Waals surface area contributed by atoms with Crippen molar-refractivity contribution in [1.82, 2.24) is 9.97 Å². The molecule has 5 nitrogen and oxygen atoms in total. The molecule has 0 bridgehead atoms. The summed E-state index contributed by atoms with van der Waals surface area (Å²) in [4.78, 5) is 29.8. The third-order valence-electron chi connectivity index (χ3n) is 2.73. The first-order valence-corrected chi connectivity index (χ1v) is 6.03. The van der Waals surface area contributed by atoms with Gasteiger partial charge in [-0.3, -0.25) is 9.59 Å². The molecule has 0 spiro atoms. The van der Waals surface area contributed by atoms with E-state index in [1.165, 1.54) is 6.92 Å². The summed E-state index contributed by atoms with van der Waals surface area (Å²) < 4.78 is 0. The number of imidazole rings is 1. The number of aromatic amines is 1. The molecule has 1 heterocycles. The lowest BCUT2D eigenvalue weighted by atomic mass is 10.1. The van der Waals surface area contributed by atoms with Crippen LogP contribution in [-0.4, -0.2) is 21.7 Å². The fraction of sp³-hybridized carbons (Fsp3) is 0.214. The zero-order chi connectivity index (χ0) is 13.7. The van der Waals surface area contributed by atoms with Gasteiger partial charge in [0.15, 0.2) is 5.78 Å². The second-order valence-corrected chi connectivity index (χ2v) is 4.26. The van der Waals surface area contributed by atoms with Gasteiger partial charge in [0.25, 0.3) is 0 Å². The van der Waals surface area contributed by atoms with Crippen LogP contribution in [0.4, 0.5) is 5.69 Å². The maximum absolute atomic E-state index is 11.8. The second kappa shape index (κ2) is 5.95. The molecule has 0 aliphatic carbocycles. The van der Waals surface area contributed by atoms with Gasteiger partial charge in [-0.25, -0.2) is 4.98 Å². The largest absolute Gasteiger partial charge is 0.348 e. The lowest BCUT2D eigenvalue weighted by molar-refractivity contribution is -0.116. The number of ketones is 1. The fourth-order valence-corrected chi connectivity index (χ4v) is 1.71. The average Bonchev–Trinajstić information content (AvgIpc) is 2.90. The van der Waals surface area contributed by atoms with Crippen molar-refractivity contribution in [3.05, 3.63) is 48.0 Å². The Morgan fingerprint density at radius 2 is 2.21 bits per heavy atom. The quantitative estimate of drug-likeness (QED) is 0.806. The Kier molecular flexibility index (Phi) is 4.07. The number of hydrogen-bond donors (Lipinski definition) is 2. The standard InChI is InChI=1S/C14H15N3O2/c1-10(18)11-3-2-4-12(7-11)17-14(19)6-5-13-8-15-9-16-13/h2-4,7-9H,5-6H2,1H3,(H,15,16)(H,17,19). The Bertz CT molecular complexity index is 576. The van der Waals surface area contributed by atoms with Crippen molar-refractivity contribution in [2.75, 3.05) is 5.32 Å². The van der Waals surface area contributed by atoms with Crippen LogP contribution in [0, 0.1) is 0 Å².